The van der Waals surface area contributed by atoms with Crippen molar-refractivity contribution in [3.63, 3.8) is 0 Å². The molecule has 1 aromatic carbocycles. The van der Waals surface area contributed by atoms with Crippen LogP contribution in [0.15, 0.2) is 30.4 Å². The molecule has 0 spiro atoms. The maximum Gasteiger partial charge on any atom is 0.150 e. The van der Waals surface area contributed by atoms with Crippen LogP contribution in [0, 0.1) is 0 Å². The molecule has 0 saturated heterocycles. The van der Waals surface area contributed by atoms with E-state index in [0.29, 0.717) is 25.3 Å². The van der Waals surface area contributed by atoms with E-state index in [-0.39, 0.29) is 0 Å². The normalized spacial score (nSPS) is 10.6. The Morgan fingerprint density at radius 3 is 2.72 bits per heavy atom. The lowest BCUT2D eigenvalue weighted by Gasteiger charge is -2.21. The number of nitrogens with zero attached hydrogens (tertiary/aromatic N) is 1. The van der Waals surface area contributed by atoms with Gasteiger partial charge in [-0.25, -0.2) is 0 Å². The van der Waals surface area contributed by atoms with E-state index in [1.165, 1.54) is 0 Å². The first-order valence-corrected chi connectivity index (χ1v) is 5.82. The number of aldehydes is 1. The molecule has 1 rings (SSSR count). The van der Waals surface area contributed by atoms with Crippen LogP contribution in [0.3, 0.4) is 0 Å². The highest BCUT2D eigenvalue weighted by Gasteiger charge is 2.06. The van der Waals surface area contributed by atoms with Crippen molar-refractivity contribution in [3.05, 3.63) is 35.9 Å². The van der Waals surface area contributed by atoms with Crippen LogP contribution in [-0.4, -0.2) is 33.1 Å². The Labute approximate surface area is 107 Å². The van der Waals surface area contributed by atoms with Crippen molar-refractivity contribution < 1.29 is 4.79 Å². The minimum absolute atomic E-state index is 0.385. The molecule has 0 fully saturated rings. The SMILES string of the molecule is CN(CN)c1cc(C=O)ccc1NC/C=C/CN. The zero-order chi connectivity index (χ0) is 13.4. The van der Waals surface area contributed by atoms with Gasteiger partial charge in [-0.05, 0) is 18.2 Å². The maximum atomic E-state index is 10.8. The summed E-state index contributed by atoms with van der Waals surface area (Å²) in [5.41, 5.74) is 13.5. The molecule has 5 heteroatoms. The molecular formula is C13H20N4O. The zero-order valence-electron chi connectivity index (χ0n) is 10.6. The van der Waals surface area contributed by atoms with Crippen LogP contribution in [0.25, 0.3) is 0 Å². The van der Waals surface area contributed by atoms with Crippen LogP contribution < -0.4 is 21.7 Å². The standard InChI is InChI=1S/C13H20N4O/c1-17(10-15)13-8-11(9-18)4-5-12(13)16-7-3-2-6-14/h2-5,8-9,16H,6-7,10,14-15H2,1H3/b3-2+. The second kappa shape index (κ2) is 7.47. The number of hydrogen-bond donors (Lipinski definition) is 3. The minimum Gasteiger partial charge on any atom is -0.380 e. The van der Waals surface area contributed by atoms with Gasteiger partial charge in [0.25, 0.3) is 0 Å². The summed E-state index contributed by atoms with van der Waals surface area (Å²) in [7, 11) is 1.88. The van der Waals surface area contributed by atoms with Crippen molar-refractivity contribution in [3.8, 4) is 0 Å². The highest BCUT2D eigenvalue weighted by atomic mass is 16.1. The summed E-state index contributed by atoms with van der Waals surface area (Å²) in [5, 5.41) is 3.26. The first-order chi connectivity index (χ1) is 8.72. The number of anilines is 2. The van der Waals surface area contributed by atoms with Gasteiger partial charge in [-0.2, -0.15) is 0 Å². The molecule has 0 aliphatic heterocycles. The molecule has 0 atom stereocenters. The third-order valence-corrected chi connectivity index (χ3v) is 2.56. The molecule has 0 unspecified atom stereocenters. The fourth-order valence-corrected chi connectivity index (χ4v) is 1.53. The highest BCUT2D eigenvalue weighted by Crippen LogP contribution is 2.25. The van der Waals surface area contributed by atoms with E-state index in [1.807, 2.05) is 36.2 Å². The van der Waals surface area contributed by atoms with Gasteiger partial charge in [0.2, 0.25) is 0 Å². The van der Waals surface area contributed by atoms with E-state index in [1.54, 1.807) is 6.07 Å². The lowest BCUT2D eigenvalue weighted by molar-refractivity contribution is 0.112. The van der Waals surface area contributed by atoms with Crippen LogP contribution in [0.4, 0.5) is 11.4 Å². The average molecular weight is 248 g/mol. The molecule has 1 aromatic rings. The van der Waals surface area contributed by atoms with E-state index in [4.69, 9.17) is 11.5 Å². The summed E-state index contributed by atoms with van der Waals surface area (Å²) in [5.74, 6) is 0. The maximum absolute atomic E-state index is 10.8. The van der Waals surface area contributed by atoms with Gasteiger partial charge in [0.1, 0.15) is 6.29 Å². The lowest BCUT2D eigenvalue weighted by Crippen LogP contribution is -2.26. The number of carbonyl (C=O) groups excluding carboxylic acids is 1. The molecule has 0 amide bonds. The molecule has 0 aromatic heterocycles. The number of hydrogen-bond acceptors (Lipinski definition) is 5. The van der Waals surface area contributed by atoms with Crippen molar-refractivity contribution in [2.75, 3.05) is 37.0 Å². The predicted molar refractivity (Wildman–Crippen MR) is 76.0 cm³/mol. The Balaban J connectivity index is 2.88. The molecule has 5 nitrogen and oxygen atoms in total. The van der Waals surface area contributed by atoms with E-state index in [9.17, 15) is 4.79 Å². The van der Waals surface area contributed by atoms with Gasteiger partial charge in [0, 0.05) is 25.7 Å². The number of benzene rings is 1. The largest absolute Gasteiger partial charge is 0.380 e. The topological polar surface area (TPSA) is 84.4 Å². The van der Waals surface area contributed by atoms with Gasteiger partial charge in [0.15, 0.2) is 0 Å². The number of rotatable bonds is 7. The molecule has 0 saturated carbocycles. The fourth-order valence-electron chi connectivity index (χ4n) is 1.53. The summed E-state index contributed by atoms with van der Waals surface area (Å²) < 4.78 is 0. The summed E-state index contributed by atoms with van der Waals surface area (Å²) in [6, 6.07) is 5.46. The first kappa shape index (κ1) is 14.2. The summed E-state index contributed by atoms with van der Waals surface area (Å²) >= 11 is 0. The van der Waals surface area contributed by atoms with Gasteiger partial charge >= 0.3 is 0 Å². The van der Waals surface area contributed by atoms with E-state index < -0.39 is 0 Å². The molecule has 0 radical (unpaired) electrons. The van der Waals surface area contributed by atoms with Crippen LogP contribution in [-0.2, 0) is 0 Å². The quantitative estimate of drug-likeness (QED) is 0.377. The number of nitrogens with one attached hydrogen (secondary N) is 1. The number of nitrogens with two attached hydrogens (primary N) is 2. The Hall–Kier alpha value is -1.85. The summed E-state index contributed by atoms with van der Waals surface area (Å²) in [6.07, 6.45) is 4.67. The second-order valence-electron chi connectivity index (χ2n) is 3.86. The summed E-state index contributed by atoms with van der Waals surface area (Å²) in [6.45, 7) is 1.60. The molecule has 18 heavy (non-hydrogen) atoms. The summed E-state index contributed by atoms with van der Waals surface area (Å²) in [4.78, 5) is 12.7. The Kier molecular flexibility index (Phi) is 5.90. The van der Waals surface area contributed by atoms with Crippen molar-refractivity contribution in [1.82, 2.24) is 0 Å². The molecule has 5 N–H and O–H groups in total. The lowest BCUT2D eigenvalue weighted by atomic mass is 10.1. The van der Waals surface area contributed by atoms with E-state index in [2.05, 4.69) is 5.32 Å². The Bertz CT molecular complexity index is 417. The third kappa shape index (κ3) is 3.87. The van der Waals surface area contributed by atoms with Gasteiger partial charge < -0.3 is 21.7 Å². The van der Waals surface area contributed by atoms with Crippen LogP contribution in [0.5, 0.6) is 0 Å². The molecule has 0 bridgehead atoms. The van der Waals surface area contributed by atoms with Gasteiger partial charge in [-0.15, -0.1) is 0 Å². The molecule has 0 aliphatic carbocycles. The molecule has 98 valence electrons. The molecular weight excluding hydrogens is 228 g/mol. The monoisotopic (exact) mass is 248 g/mol. The van der Waals surface area contributed by atoms with E-state index >= 15 is 0 Å². The smallest absolute Gasteiger partial charge is 0.150 e. The Morgan fingerprint density at radius 2 is 2.11 bits per heavy atom. The van der Waals surface area contributed by atoms with E-state index in [0.717, 1.165) is 17.7 Å². The van der Waals surface area contributed by atoms with Crippen molar-refractivity contribution >= 4 is 17.7 Å². The number of carbonyl (C=O) groups is 1. The Morgan fingerprint density at radius 1 is 1.33 bits per heavy atom. The zero-order valence-corrected chi connectivity index (χ0v) is 10.6. The van der Waals surface area contributed by atoms with Crippen LogP contribution in [0.1, 0.15) is 10.4 Å². The fraction of sp³-hybridized carbons (Fsp3) is 0.308. The van der Waals surface area contributed by atoms with Crippen molar-refractivity contribution in [1.29, 1.82) is 0 Å². The van der Waals surface area contributed by atoms with Crippen LogP contribution in [0.2, 0.25) is 0 Å². The van der Waals surface area contributed by atoms with Crippen molar-refractivity contribution in [2.45, 2.75) is 0 Å². The van der Waals surface area contributed by atoms with Gasteiger partial charge in [0.05, 0.1) is 18.0 Å². The second-order valence-corrected chi connectivity index (χ2v) is 3.86. The minimum atomic E-state index is 0.385. The third-order valence-electron chi connectivity index (χ3n) is 2.56. The van der Waals surface area contributed by atoms with Gasteiger partial charge in [-0.1, -0.05) is 12.2 Å². The first-order valence-electron chi connectivity index (χ1n) is 5.82. The highest BCUT2D eigenvalue weighted by molar-refractivity contribution is 5.82. The molecule has 0 heterocycles. The van der Waals surface area contributed by atoms with Gasteiger partial charge in [-0.3, -0.25) is 4.79 Å². The van der Waals surface area contributed by atoms with Crippen molar-refractivity contribution in [2.24, 2.45) is 11.5 Å². The predicted octanol–water partition coefficient (Wildman–Crippen LogP) is 0.778. The van der Waals surface area contributed by atoms with Crippen LogP contribution >= 0.6 is 0 Å². The molecule has 0 aliphatic rings. The average Bonchev–Trinajstić information content (AvgIpc) is 2.42.